The number of rotatable bonds is 3. The zero-order valence-corrected chi connectivity index (χ0v) is 14.9. The quantitative estimate of drug-likeness (QED) is 0.615. The van der Waals surface area contributed by atoms with Crippen LogP contribution >= 0.6 is 0 Å². The Morgan fingerprint density at radius 2 is 1.95 bits per heavy atom. The van der Waals surface area contributed by atoms with E-state index >= 15 is 0 Å². The van der Waals surface area contributed by atoms with E-state index in [9.17, 15) is 5.11 Å². The van der Waals surface area contributed by atoms with Crippen LogP contribution in [0.2, 0.25) is 0 Å². The minimum Gasteiger partial charge on any atom is -0.387 e. The molecule has 1 saturated heterocycles. The van der Waals surface area contributed by atoms with E-state index in [-0.39, 0.29) is 23.5 Å². The lowest BCUT2D eigenvalue weighted by Gasteiger charge is -2.59. The molecule has 3 fully saturated rings. The molecule has 0 radical (unpaired) electrons. The summed E-state index contributed by atoms with van der Waals surface area (Å²) in [7, 11) is 0. The molecule has 22 heavy (non-hydrogen) atoms. The Kier molecular flexibility index (Phi) is 3.66. The maximum absolute atomic E-state index is 11.2. The highest BCUT2D eigenvalue weighted by Crippen LogP contribution is 2.67. The first-order chi connectivity index (χ1) is 10.1. The standard InChI is InChI=1S/C20H32O2/c1-7-13(2)9-10-14-19(5)12-8-11-18(3,4)16(19)15-17(22-15)20(14,6)21/h7,9,14-17,21H,1,8,10-12H2,2-6H3/b13-9+/t14-,15?,16+,17?,19-,20+/m1/s1. The number of ether oxygens (including phenoxy) is 1. The van der Waals surface area contributed by atoms with Gasteiger partial charge in [-0.3, -0.25) is 0 Å². The zero-order valence-electron chi connectivity index (χ0n) is 14.9. The normalized spacial score (nSPS) is 50.0. The van der Waals surface area contributed by atoms with E-state index in [0.717, 1.165) is 6.42 Å². The van der Waals surface area contributed by atoms with Crippen molar-refractivity contribution in [2.75, 3.05) is 0 Å². The van der Waals surface area contributed by atoms with Gasteiger partial charge in [0.05, 0.1) is 11.7 Å². The van der Waals surface area contributed by atoms with Crippen LogP contribution in [0, 0.1) is 22.7 Å². The summed E-state index contributed by atoms with van der Waals surface area (Å²) in [6.45, 7) is 15.1. The molecule has 0 amide bonds. The average molecular weight is 304 g/mol. The monoisotopic (exact) mass is 304 g/mol. The van der Waals surface area contributed by atoms with Gasteiger partial charge in [-0.15, -0.1) is 0 Å². The van der Waals surface area contributed by atoms with Gasteiger partial charge in [0, 0.05) is 0 Å². The molecule has 3 aliphatic rings. The number of fused-ring (bicyclic) bond motifs is 3. The molecule has 0 spiro atoms. The van der Waals surface area contributed by atoms with Crippen molar-refractivity contribution in [1.29, 1.82) is 0 Å². The summed E-state index contributed by atoms with van der Waals surface area (Å²) in [5.41, 5.74) is 0.936. The fraction of sp³-hybridized carbons (Fsp3) is 0.800. The third-order valence-electron chi connectivity index (χ3n) is 7.02. The Balaban J connectivity index is 1.99. The molecule has 2 aliphatic carbocycles. The van der Waals surface area contributed by atoms with Gasteiger partial charge in [-0.1, -0.05) is 51.5 Å². The molecular formula is C20H32O2. The van der Waals surface area contributed by atoms with Crippen molar-refractivity contribution in [3.8, 4) is 0 Å². The first kappa shape index (κ1) is 16.3. The van der Waals surface area contributed by atoms with Crippen LogP contribution in [0.1, 0.15) is 60.3 Å². The molecule has 124 valence electrons. The molecule has 2 saturated carbocycles. The number of hydrogen-bond acceptors (Lipinski definition) is 2. The van der Waals surface area contributed by atoms with Gasteiger partial charge in [-0.05, 0) is 55.8 Å². The smallest absolute Gasteiger partial charge is 0.113 e. The molecule has 2 unspecified atom stereocenters. The van der Waals surface area contributed by atoms with E-state index < -0.39 is 5.60 Å². The molecule has 1 aliphatic heterocycles. The first-order valence-electron chi connectivity index (χ1n) is 8.81. The molecule has 0 bridgehead atoms. The molecule has 0 aromatic carbocycles. The first-order valence-corrected chi connectivity index (χ1v) is 8.81. The summed E-state index contributed by atoms with van der Waals surface area (Å²) in [6, 6.07) is 0. The van der Waals surface area contributed by atoms with Crippen molar-refractivity contribution in [3.05, 3.63) is 24.3 Å². The van der Waals surface area contributed by atoms with Gasteiger partial charge < -0.3 is 9.84 Å². The number of allylic oxidation sites excluding steroid dienone is 3. The summed E-state index contributed by atoms with van der Waals surface area (Å²) < 4.78 is 6.04. The van der Waals surface area contributed by atoms with Crippen LogP contribution in [-0.4, -0.2) is 22.9 Å². The third kappa shape index (κ3) is 2.22. The number of aliphatic hydroxyl groups is 1. The molecule has 0 aromatic heterocycles. The highest BCUT2D eigenvalue weighted by atomic mass is 16.6. The fourth-order valence-corrected chi connectivity index (χ4v) is 5.95. The Labute approximate surface area is 135 Å². The third-order valence-corrected chi connectivity index (χ3v) is 7.02. The summed E-state index contributed by atoms with van der Waals surface area (Å²) in [4.78, 5) is 0. The van der Waals surface area contributed by atoms with Gasteiger partial charge in [-0.25, -0.2) is 0 Å². The highest BCUT2D eigenvalue weighted by molar-refractivity contribution is 5.22. The van der Waals surface area contributed by atoms with Gasteiger partial charge in [0.15, 0.2) is 0 Å². The van der Waals surface area contributed by atoms with E-state index in [1.54, 1.807) is 0 Å². The van der Waals surface area contributed by atoms with Gasteiger partial charge in [0.25, 0.3) is 0 Å². The Hall–Kier alpha value is -0.600. The van der Waals surface area contributed by atoms with Gasteiger partial charge in [-0.2, -0.15) is 0 Å². The van der Waals surface area contributed by atoms with Crippen molar-refractivity contribution < 1.29 is 9.84 Å². The largest absolute Gasteiger partial charge is 0.387 e. The van der Waals surface area contributed by atoms with Crippen LogP contribution in [0.25, 0.3) is 0 Å². The van der Waals surface area contributed by atoms with E-state index in [2.05, 4.69) is 40.3 Å². The van der Waals surface area contributed by atoms with Crippen LogP contribution in [0.4, 0.5) is 0 Å². The number of hydrogen-bond donors (Lipinski definition) is 1. The molecule has 6 atom stereocenters. The maximum Gasteiger partial charge on any atom is 0.113 e. The lowest BCUT2D eigenvalue weighted by Crippen LogP contribution is -2.61. The average Bonchev–Trinajstić information content (AvgIpc) is 3.17. The fourth-order valence-electron chi connectivity index (χ4n) is 5.95. The van der Waals surface area contributed by atoms with Crippen molar-refractivity contribution in [2.24, 2.45) is 22.7 Å². The lowest BCUT2D eigenvalue weighted by atomic mass is 9.45. The van der Waals surface area contributed by atoms with Crippen molar-refractivity contribution in [1.82, 2.24) is 0 Å². The topological polar surface area (TPSA) is 32.8 Å². The van der Waals surface area contributed by atoms with Crippen LogP contribution in [0.5, 0.6) is 0 Å². The second-order valence-electron chi connectivity index (χ2n) is 9.01. The number of epoxide rings is 1. The summed E-state index contributed by atoms with van der Waals surface area (Å²) in [5, 5.41) is 11.2. The second kappa shape index (κ2) is 4.95. The lowest BCUT2D eigenvalue weighted by molar-refractivity contribution is -0.147. The van der Waals surface area contributed by atoms with Crippen molar-refractivity contribution in [2.45, 2.75) is 78.1 Å². The highest BCUT2D eigenvalue weighted by Gasteiger charge is 2.72. The molecule has 0 aromatic rings. The maximum atomic E-state index is 11.2. The van der Waals surface area contributed by atoms with Crippen LogP contribution < -0.4 is 0 Å². The molecule has 2 nitrogen and oxygen atoms in total. The minimum atomic E-state index is -0.721. The van der Waals surface area contributed by atoms with E-state index in [4.69, 9.17) is 4.74 Å². The minimum absolute atomic E-state index is 0.0328. The van der Waals surface area contributed by atoms with E-state index in [1.165, 1.54) is 24.8 Å². The van der Waals surface area contributed by atoms with E-state index in [0.29, 0.717) is 11.3 Å². The molecule has 1 heterocycles. The summed E-state index contributed by atoms with van der Waals surface area (Å²) >= 11 is 0. The molecule has 2 heteroatoms. The van der Waals surface area contributed by atoms with E-state index in [1.807, 2.05) is 13.0 Å². The van der Waals surface area contributed by atoms with Gasteiger partial charge >= 0.3 is 0 Å². The Bertz CT molecular complexity index is 502. The van der Waals surface area contributed by atoms with Crippen molar-refractivity contribution >= 4 is 0 Å². The predicted molar refractivity (Wildman–Crippen MR) is 90.6 cm³/mol. The van der Waals surface area contributed by atoms with Gasteiger partial charge in [0.2, 0.25) is 0 Å². The Morgan fingerprint density at radius 3 is 2.59 bits per heavy atom. The SMILES string of the molecule is C=C/C(C)=C/C[C@@H]1[C@@]2(C)CCCC(C)(C)[C@@H]2C2OC2[C@@]1(C)O. The summed E-state index contributed by atoms with van der Waals surface area (Å²) in [6.07, 6.45) is 9.10. The molecule has 1 N–H and O–H groups in total. The Morgan fingerprint density at radius 1 is 1.27 bits per heavy atom. The second-order valence-corrected chi connectivity index (χ2v) is 9.01. The van der Waals surface area contributed by atoms with Crippen LogP contribution in [0.15, 0.2) is 24.3 Å². The van der Waals surface area contributed by atoms with Gasteiger partial charge in [0.1, 0.15) is 6.10 Å². The molecular weight excluding hydrogens is 272 g/mol. The summed E-state index contributed by atoms with van der Waals surface area (Å²) in [5.74, 6) is 0.810. The predicted octanol–water partition coefficient (Wildman–Crippen LogP) is 4.49. The van der Waals surface area contributed by atoms with Crippen LogP contribution in [-0.2, 0) is 4.74 Å². The van der Waals surface area contributed by atoms with Crippen molar-refractivity contribution in [3.63, 3.8) is 0 Å². The van der Waals surface area contributed by atoms with Crippen LogP contribution in [0.3, 0.4) is 0 Å². The molecule has 3 rings (SSSR count). The zero-order chi connectivity index (χ0) is 16.3.